The smallest absolute Gasteiger partial charge is 0.347 e. The first-order valence-corrected chi connectivity index (χ1v) is 7.61. The fourth-order valence-corrected chi connectivity index (χ4v) is 2.48. The maximum atomic E-state index is 11.8. The van der Waals surface area contributed by atoms with E-state index in [1.54, 1.807) is 24.3 Å². The summed E-state index contributed by atoms with van der Waals surface area (Å²) in [6.07, 6.45) is 0. The number of hydrogen-bond acceptors (Lipinski definition) is 5. The fourth-order valence-electron chi connectivity index (χ4n) is 2.48. The number of para-hydroxylation sites is 2. The van der Waals surface area contributed by atoms with Gasteiger partial charge in [-0.2, -0.15) is 0 Å². The third-order valence-electron chi connectivity index (χ3n) is 3.65. The van der Waals surface area contributed by atoms with E-state index in [9.17, 15) is 9.59 Å². The Balaban J connectivity index is 1.78. The molecule has 0 spiro atoms. The molecule has 5 nitrogen and oxygen atoms in total. The first-order valence-electron chi connectivity index (χ1n) is 7.61. The molecule has 0 fully saturated rings. The second kappa shape index (κ2) is 6.13. The Hall–Kier alpha value is -3.60. The lowest BCUT2D eigenvalue weighted by Crippen LogP contribution is -1.97. The van der Waals surface area contributed by atoms with Crippen LogP contribution in [0.4, 0.5) is 0 Å². The standard InChI is InChI=1S/C20H12O5/c21-19-15-11-17(23-13-7-3-1-4-8-13)18(12-16(15)20(22)25-19)24-14-9-5-2-6-10-14/h1-12H. The Morgan fingerprint density at radius 1 is 0.600 bits per heavy atom. The van der Waals surface area contributed by atoms with Crippen molar-refractivity contribution < 1.29 is 23.8 Å². The molecule has 25 heavy (non-hydrogen) atoms. The molecule has 4 rings (SSSR count). The Labute approximate surface area is 143 Å². The summed E-state index contributed by atoms with van der Waals surface area (Å²) < 4.78 is 16.3. The van der Waals surface area contributed by atoms with Gasteiger partial charge < -0.3 is 14.2 Å². The molecule has 1 aliphatic rings. The summed E-state index contributed by atoms with van der Waals surface area (Å²) in [6.45, 7) is 0. The van der Waals surface area contributed by atoms with E-state index < -0.39 is 11.9 Å². The third kappa shape index (κ3) is 2.95. The highest BCUT2D eigenvalue weighted by Gasteiger charge is 2.32. The maximum absolute atomic E-state index is 11.8. The lowest BCUT2D eigenvalue weighted by atomic mass is 10.1. The number of cyclic esters (lactones) is 2. The number of fused-ring (bicyclic) bond motifs is 1. The van der Waals surface area contributed by atoms with Crippen LogP contribution in [0, 0.1) is 0 Å². The summed E-state index contributed by atoms with van der Waals surface area (Å²) in [5.41, 5.74) is 0.327. The van der Waals surface area contributed by atoms with Crippen molar-refractivity contribution in [3.63, 3.8) is 0 Å². The summed E-state index contributed by atoms with van der Waals surface area (Å²) in [4.78, 5) is 23.6. The van der Waals surface area contributed by atoms with Crippen LogP contribution in [0.2, 0.25) is 0 Å². The van der Waals surface area contributed by atoms with Crippen LogP contribution < -0.4 is 9.47 Å². The highest BCUT2D eigenvalue weighted by Crippen LogP contribution is 2.39. The van der Waals surface area contributed by atoms with Gasteiger partial charge in [0.25, 0.3) is 0 Å². The normalized spacial score (nSPS) is 12.5. The number of hydrogen-bond donors (Lipinski definition) is 0. The summed E-state index contributed by atoms with van der Waals surface area (Å²) in [5, 5.41) is 0. The van der Waals surface area contributed by atoms with Crippen LogP contribution in [0.3, 0.4) is 0 Å². The molecule has 3 aromatic rings. The molecule has 122 valence electrons. The van der Waals surface area contributed by atoms with E-state index in [0.717, 1.165) is 0 Å². The van der Waals surface area contributed by atoms with E-state index in [1.165, 1.54) is 12.1 Å². The molecule has 0 aliphatic carbocycles. The van der Waals surface area contributed by atoms with Crippen molar-refractivity contribution in [2.75, 3.05) is 0 Å². The molecule has 0 radical (unpaired) electrons. The van der Waals surface area contributed by atoms with Crippen molar-refractivity contribution >= 4 is 11.9 Å². The molecule has 0 bridgehead atoms. The molecule has 0 aromatic heterocycles. The molecule has 5 heteroatoms. The van der Waals surface area contributed by atoms with Crippen LogP contribution in [-0.4, -0.2) is 11.9 Å². The quantitative estimate of drug-likeness (QED) is 0.517. The third-order valence-corrected chi connectivity index (χ3v) is 3.65. The van der Waals surface area contributed by atoms with Gasteiger partial charge in [-0.25, -0.2) is 9.59 Å². The molecular formula is C20H12O5. The summed E-state index contributed by atoms with van der Waals surface area (Å²) in [5.74, 6) is 0.422. The second-order valence-corrected chi connectivity index (χ2v) is 5.35. The van der Waals surface area contributed by atoms with Crippen LogP contribution in [0.1, 0.15) is 20.7 Å². The van der Waals surface area contributed by atoms with Crippen LogP contribution in [0.5, 0.6) is 23.0 Å². The van der Waals surface area contributed by atoms with E-state index in [1.807, 2.05) is 36.4 Å². The lowest BCUT2D eigenvalue weighted by Gasteiger charge is -2.13. The van der Waals surface area contributed by atoms with Gasteiger partial charge in [-0.1, -0.05) is 36.4 Å². The second-order valence-electron chi connectivity index (χ2n) is 5.35. The maximum Gasteiger partial charge on any atom is 0.347 e. The van der Waals surface area contributed by atoms with Crippen molar-refractivity contribution in [1.29, 1.82) is 0 Å². The SMILES string of the molecule is O=C1OC(=O)c2cc(Oc3ccccc3)c(Oc3ccccc3)cc21. The van der Waals surface area contributed by atoms with Crippen molar-refractivity contribution in [3.8, 4) is 23.0 Å². The van der Waals surface area contributed by atoms with E-state index in [0.29, 0.717) is 23.0 Å². The minimum atomic E-state index is -0.691. The minimum absolute atomic E-state index is 0.163. The molecule has 3 aromatic carbocycles. The van der Waals surface area contributed by atoms with Gasteiger partial charge in [0.1, 0.15) is 11.5 Å². The molecular weight excluding hydrogens is 320 g/mol. The molecule has 1 heterocycles. The monoisotopic (exact) mass is 332 g/mol. The molecule has 0 atom stereocenters. The topological polar surface area (TPSA) is 61.8 Å². The molecule has 0 unspecified atom stereocenters. The van der Waals surface area contributed by atoms with Crippen LogP contribution in [-0.2, 0) is 4.74 Å². The average molecular weight is 332 g/mol. The molecule has 1 aliphatic heterocycles. The minimum Gasteiger partial charge on any atom is -0.453 e. The number of ether oxygens (including phenoxy) is 3. The van der Waals surface area contributed by atoms with Crippen molar-refractivity contribution in [2.45, 2.75) is 0 Å². The van der Waals surface area contributed by atoms with E-state index in [-0.39, 0.29) is 11.1 Å². The number of rotatable bonds is 4. The molecule has 0 saturated heterocycles. The Morgan fingerprint density at radius 3 is 1.40 bits per heavy atom. The Bertz CT molecular complexity index is 870. The largest absolute Gasteiger partial charge is 0.453 e. The van der Waals surface area contributed by atoms with Gasteiger partial charge in [-0.05, 0) is 24.3 Å². The first-order chi connectivity index (χ1) is 12.2. The highest BCUT2D eigenvalue weighted by atomic mass is 16.6. The predicted octanol–water partition coefficient (Wildman–Crippen LogP) is 4.58. The van der Waals surface area contributed by atoms with Crippen molar-refractivity contribution in [2.24, 2.45) is 0 Å². The van der Waals surface area contributed by atoms with Gasteiger partial charge in [-0.15, -0.1) is 0 Å². The van der Waals surface area contributed by atoms with E-state index in [2.05, 4.69) is 4.74 Å². The van der Waals surface area contributed by atoms with Gasteiger partial charge >= 0.3 is 11.9 Å². The Morgan fingerprint density at radius 2 is 1.00 bits per heavy atom. The molecule has 0 N–H and O–H groups in total. The van der Waals surface area contributed by atoms with Gasteiger partial charge in [0.05, 0.1) is 11.1 Å². The zero-order valence-corrected chi connectivity index (χ0v) is 13.0. The van der Waals surface area contributed by atoms with Gasteiger partial charge in [0.2, 0.25) is 0 Å². The number of carbonyl (C=O) groups is 2. The van der Waals surface area contributed by atoms with Gasteiger partial charge in [0.15, 0.2) is 11.5 Å². The summed E-state index contributed by atoms with van der Waals surface area (Å²) >= 11 is 0. The van der Waals surface area contributed by atoms with Crippen LogP contribution in [0.25, 0.3) is 0 Å². The summed E-state index contributed by atoms with van der Waals surface area (Å²) in [6, 6.07) is 21.1. The highest BCUT2D eigenvalue weighted by molar-refractivity contribution is 6.15. The van der Waals surface area contributed by atoms with E-state index >= 15 is 0 Å². The Kier molecular flexibility index (Phi) is 3.67. The van der Waals surface area contributed by atoms with Gasteiger partial charge in [0, 0.05) is 12.1 Å². The molecule has 0 amide bonds. The number of esters is 2. The van der Waals surface area contributed by atoms with Crippen LogP contribution >= 0.6 is 0 Å². The number of benzene rings is 3. The van der Waals surface area contributed by atoms with E-state index in [4.69, 9.17) is 9.47 Å². The number of carbonyl (C=O) groups excluding carboxylic acids is 2. The zero-order valence-electron chi connectivity index (χ0n) is 13.0. The zero-order chi connectivity index (χ0) is 17.2. The average Bonchev–Trinajstić information content (AvgIpc) is 2.90. The predicted molar refractivity (Wildman–Crippen MR) is 89.2 cm³/mol. The van der Waals surface area contributed by atoms with Crippen molar-refractivity contribution in [1.82, 2.24) is 0 Å². The van der Waals surface area contributed by atoms with Crippen molar-refractivity contribution in [3.05, 3.63) is 83.9 Å². The first kappa shape index (κ1) is 15.0. The summed E-state index contributed by atoms with van der Waals surface area (Å²) in [7, 11) is 0. The fraction of sp³-hybridized carbons (Fsp3) is 0. The molecule has 0 saturated carbocycles. The van der Waals surface area contributed by atoms with Gasteiger partial charge in [-0.3, -0.25) is 0 Å². The lowest BCUT2D eigenvalue weighted by molar-refractivity contribution is 0.0443. The van der Waals surface area contributed by atoms with Crippen LogP contribution in [0.15, 0.2) is 72.8 Å².